The van der Waals surface area contributed by atoms with Crippen molar-refractivity contribution in [1.29, 1.82) is 5.41 Å². The first-order chi connectivity index (χ1) is 13.3. The van der Waals surface area contributed by atoms with Crippen LogP contribution in [0.4, 0.5) is 11.4 Å². The van der Waals surface area contributed by atoms with Gasteiger partial charge in [0.05, 0.1) is 6.10 Å². The van der Waals surface area contributed by atoms with Crippen LogP contribution in [0.1, 0.15) is 34.7 Å². The molecule has 2 rings (SSSR count). The highest BCUT2D eigenvalue weighted by Gasteiger charge is 2.29. The number of nitrogens with one attached hydrogen (secondary N) is 3. The van der Waals surface area contributed by atoms with E-state index in [0.29, 0.717) is 17.1 Å². The van der Waals surface area contributed by atoms with Gasteiger partial charge in [0.1, 0.15) is 5.75 Å². The van der Waals surface area contributed by atoms with Gasteiger partial charge >= 0.3 is 0 Å². The quantitative estimate of drug-likeness (QED) is 0.462. The fourth-order valence-electron chi connectivity index (χ4n) is 2.70. The highest BCUT2D eigenvalue weighted by molar-refractivity contribution is 6.24. The summed E-state index contributed by atoms with van der Waals surface area (Å²) in [7, 11) is 0. The lowest BCUT2D eigenvalue weighted by Gasteiger charge is -2.16. The molecule has 0 spiro atoms. The molecular weight excluding hydrogens is 354 g/mol. The van der Waals surface area contributed by atoms with Crippen molar-refractivity contribution in [3.8, 4) is 5.75 Å². The van der Waals surface area contributed by atoms with E-state index in [4.69, 9.17) is 10.1 Å². The summed E-state index contributed by atoms with van der Waals surface area (Å²) in [5.41, 5.74) is 2.20. The highest BCUT2D eigenvalue weighted by Crippen LogP contribution is 2.19. The van der Waals surface area contributed by atoms with Crippen molar-refractivity contribution >= 4 is 28.9 Å². The van der Waals surface area contributed by atoms with Crippen molar-refractivity contribution < 1.29 is 15.8 Å². The zero-order valence-electron chi connectivity index (χ0n) is 16.7. The molecule has 2 amide bonds. The van der Waals surface area contributed by atoms with Crippen molar-refractivity contribution in [2.45, 2.75) is 40.2 Å². The molecule has 150 valence electrons. The van der Waals surface area contributed by atoms with Crippen LogP contribution in [0.2, 0.25) is 0 Å². The lowest BCUT2D eigenvalue weighted by Crippen LogP contribution is -2.38. The summed E-state index contributed by atoms with van der Waals surface area (Å²) in [6.45, 7) is 7.34. The minimum atomic E-state index is -1.21. The van der Waals surface area contributed by atoms with E-state index in [-0.39, 0.29) is 13.2 Å². The average Bonchev–Trinajstić information content (AvgIpc) is 2.62. The maximum Gasteiger partial charge on any atom is 0.242 e. The normalized spacial score (nSPS) is 11.6. The number of ether oxygens (including phenoxy) is 1. The minimum Gasteiger partial charge on any atom is -0.491 e. The van der Waals surface area contributed by atoms with Crippen molar-refractivity contribution in [2.75, 3.05) is 10.6 Å². The van der Waals surface area contributed by atoms with E-state index in [1.54, 1.807) is 30.3 Å². The third kappa shape index (κ3) is 5.94. The van der Waals surface area contributed by atoms with Gasteiger partial charge in [0.2, 0.25) is 11.8 Å². The third-order valence-electron chi connectivity index (χ3n) is 4.05. The van der Waals surface area contributed by atoms with Gasteiger partial charge in [0.15, 0.2) is 5.92 Å². The second-order valence-corrected chi connectivity index (χ2v) is 6.84. The second-order valence-electron chi connectivity index (χ2n) is 6.84. The fraction of sp³-hybridized carbons (Fsp3) is 0.318. The molecule has 0 bridgehead atoms. The molecule has 28 heavy (non-hydrogen) atoms. The lowest BCUT2D eigenvalue weighted by atomic mass is 10.0. The Balaban J connectivity index is 0.00000420. The molecule has 0 fully saturated rings. The summed E-state index contributed by atoms with van der Waals surface area (Å²) >= 11 is 0. The van der Waals surface area contributed by atoms with Crippen LogP contribution in [0.25, 0.3) is 0 Å². The zero-order valence-corrected chi connectivity index (χ0v) is 16.7. The molecule has 6 heteroatoms. The van der Waals surface area contributed by atoms with E-state index in [2.05, 4.69) is 10.6 Å². The predicted molar refractivity (Wildman–Crippen MR) is 114 cm³/mol. The molecule has 0 aromatic heterocycles. The summed E-state index contributed by atoms with van der Waals surface area (Å²) in [6.07, 6.45) is 0.897. The van der Waals surface area contributed by atoms with Crippen LogP contribution in [-0.2, 0) is 16.0 Å². The third-order valence-corrected chi connectivity index (χ3v) is 4.05. The van der Waals surface area contributed by atoms with Gasteiger partial charge in [-0.05, 0) is 69.2 Å². The van der Waals surface area contributed by atoms with E-state index >= 15 is 0 Å². The van der Waals surface area contributed by atoms with Crippen LogP contribution < -0.4 is 15.4 Å². The number of carbonyl (C=O) groups excluding carboxylic acids is 2. The van der Waals surface area contributed by atoms with E-state index in [9.17, 15) is 9.59 Å². The Morgan fingerprint density at radius 1 is 1.04 bits per heavy atom. The van der Waals surface area contributed by atoms with Crippen molar-refractivity contribution in [3.63, 3.8) is 0 Å². The fourth-order valence-corrected chi connectivity index (χ4v) is 2.70. The lowest BCUT2D eigenvalue weighted by molar-refractivity contribution is -0.126. The Morgan fingerprint density at radius 3 is 2.18 bits per heavy atom. The Bertz CT molecular complexity index is 851. The number of hydrogen-bond acceptors (Lipinski definition) is 4. The molecule has 2 aromatic rings. The predicted octanol–water partition coefficient (Wildman–Crippen LogP) is 4.52. The maximum absolute atomic E-state index is 12.6. The van der Waals surface area contributed by atoms with Crippen molar-refractivity contribution in [2.24, 2.45) is 5.92 Å². The summed E-state index contributed by atoms with van der Waals surface area (Å²) in [4.78, 5) is 25.3. The number of amides is 2. The molecule has 1 atom stereocenters. The molecule has 0 saturated heterocycles. The van der Waals surface area contributed by atoms with Gasteiger partial charge in [0.25, 0.3) is 0 Å². The smallest absolute Gasteiger partial charge is 0.242 e. The number of aryl methyl sites for hydroxylation is 1. The highest BCUT2D eigenvalue weighted by atomic mass is 16.5. The average molecular weight is 383 g/mol. The van der Waals surface area contributed by atoms with E-state index in [0.717, 1.165) is 12.0 Å². The number of hydrogen-bond donors (Lipinski definition) is 3. The molecular formula is C22H29N3O3. The Kier molecular flexibility index (Phi) is 7.32. The summed E-state index contributed by atoms with van der Waals surface area (Å²) in [5.74, 6) is -1.59. The molecule has 0 saturated carbocycles. The van der Waals surface area contributed by atoms with Gasteiger partial charge in [-0.15, -0.1) is 0 Å². The number of benzene rings is 2. The van der Waals surface area contributed by atoms with E-state index in [1.807, 2.05) is 39.0 Å². The van der Waals surface area contributed by atoms with Gasteiger partial charge in [-0.1, -0.05) is 19.1 Å². The first-order valence-corrected chi connectivity index (χ1v) is 9.32. The van der Waals surface area contributed by atoms with Crippen LogP contribution in [-0.4, -0.2) is 23.6 Å². The number of carbonyl (C=O) groups is 2. The van der Waals surface area contributed by atoms with Crippen LogP contribution in [0.15, 0.2) is 48.5 Å². The molecule has 0 radical (unpaired) electrons. The van der Waals surface area contributed by atoms with Gasteiger partial charge in [-0.3, -0.25) is 9.59 Å². The van der Waals surface area contributed by atoms with E-state index < -0.39 is 17.7 Å². The van der Waals surface area contributed by atoms with Gasteiger partial charge < -0.3 is 20.8 Å². The molecule has 0 heterocycles. The molecule has 3 N–H and O–H groups in total. The van der Waals surface area contributed by atoms with Crippen LogP contribution in [0.5, 0.6) is 5.75 Å². The van der Waals surface area contributed by atoms with Gasteiger partial charge in [0, 0.05) is 18.5 Å². The summed E-state index contributed by atoms with van der Waals surface area (Å²) in [6, 6.07) is 14.3. The Labute approximate surface area is 167 Å². The Morgan fingerprint density at radius 2 is 1.64 bits per heavy atom. The number of anilines is 2. The van der Waals surface area contributed by atoms with Crippen LogP contribution in [0.3, 0.4) is 0 Å². The zero-order chi connectivity index (χ0) is 20.7. The largest absolute Gasteiger partial charge is 0.491 e. The molecule has 0 aliphatic carbocycles. The topological polar surface area (TPSA) is 91.3 Å². The standard InChI is InChI=1S/C22H27N3O3.H2/c1-5-16-7-6-8-18(13-16)25-22(27)20(15(4)23)21(26)24-17-9-11-19(12-10-17)28-14(2)3;/h6-14,20,23H,5H2,1-4H3,(H,24,26)(H,25,27);1H. The summed E-state index contributed by atoms with van der Waals surface area (Å²) < 4.78 is 5.57. The van der Waals surface area contributed by atoms with E-state index in [1.165, 1.54) is 6.92 Å². The van der Waals surface area contributed by atoms with Crippen molar-refractivity contribution in [3.05, 3.63) is 54.1 Å². The minimum absolute atomic E-state index is 0. The van der Waals surface area contributed by atoms with Gasteiger partial charge in [-0.25, -0.2) is 0 Å². The molecule has 0 aliphatic rings. The van der Waals surface area contributed by atoms with Crippen LogP contribution in [0, 0.1) is 11.3 Å². The second kappa shape index (κ2) is 9.69. The van der Waals surface area contributed by atoms with Crippen molar-refractivity contribution in [1.82, 2.24) is 0 Å². The van der Waals surface area contributed by atoms with Crippen LogP contribution >= 0.6 is 0 Å². The molecule has 6 nitrogen and oxygen atoms in total. The number of rotatable bonds is 8. The molecule has 0 aliphatic heterocycles. The summed E-state index contributed by atoms with van der Waals surface area (Å²) in [5, 5.41) is 13.3. The first kappa shape index (κ1) is 21.2. The SMILES string of the molecule is CCc1cccc(NC(=O)C(C(C)=N)C(=O)Nc2ccc(OC(C)C)cc2)c1.[HH]. The molecule has 2 aromatic carbocycles. The molecule has 1 unspecified atom stereocenters. The van der Waals surface area contributed by atoms with Gasteiger partial charge in [-0.2, -0.15) is 0 Å². The monoisotopic (exact) mass is 383 g/mol. The first-order valence-electron chi connectivity index (χ1n) is 9.32. The maximum atomic E-state index is 12.6. The Hall–Kier alpha value is -3.15.